The van der Waals surface area contributed by atoms with Crippen LogP contribution in [0.25, 0.3) is 0 Å². The van der Waals surface area contributed by atoms with Gasteiger partial charge >= 0.3 is 0 Å². The summed E-state index contributed by atoms with van der Waals surface area (Å²) in [5.41, 5.74) is 1.12. The number of non-ortho nitro benzene ring substituents is 1. The van der Waals surface area contributed by atoms with E-state index in [0.717, 1.165) is 43.0 Å². The molecule has 138 valence electrons. The summed E-state index contributed by atoms with van der Waals surface area (Å²) in [4.78, 5) is 17.5. The molecule has 1 N–H and O–H groups in total. The van der Waals surface area contributed by atoms with Crippen LogP contribution in [0.3, 0.4) is 0 Å². The maximum absolute atomic E-state index is 10.7. The number of guanidine groups is 1. The Kier molecular flexibility index (Phi) is 7.46. The molecule has 7 heteroatoms. The van der Waals surface area contributed by atoms with Gasteiger partial charge in [0.1, 0.15) is 0 Å². The number of rotatable bonds is 4. The van der Waals surface area contributed by atoms with Crippen LogP contribution >= 0.6 is 24.0 Å². The van der Waals surface area contributed by atoms with Gasteiger partial charge in [-0.1, -0.05) is 25.0 Å². The van der Waals surface area contributed by atoms with E-state index in [0.29, 0.717) is 6.54 Å². The second-order valence-electron chi connectivity index (χ2n) is 6.80. The highest BCUT2D eigenvalue weighted by Crippen LogP contribution is 2.36. The van der Waals surface area contributed by atoms with Crippen LogP contribution < -0.4 is 5.32 Å². The van der Waals surface area contributed by atoms with Crippen LogP contribution in [0, 0.1) is 22.0 Å². The monoisotopic (exact) mass is 458 g/mol. The van der Waals surface area contributed by atoms with Gasteiger partial charge in [0.15, 0.2) is 5.96 Å². The van der Waals surface area contributed by atoms with Crippen molar-refractivity contribution in [2.24, 2.45) is 16.8 Å². The molecule has 0 radical (unpaired) electrons. The van der Waals surface area contributed by atoms with Gasteiger partial charge in [-0.25, -0.2) is 4.99 Å². The number of fused-ring (bicyclic) bond motifs is 1. The fraction of sp³-hybridized carbons (Fsp3) is 0.611. The third kappa shape index (κ3) is 5.05. The van der Waals surface area contributed by atoms with E-state index >= 15 is 0 Å². The lowest BCUT2D eigenvalue weighted by atomic mass is 9.82. The number of hydrogen-bond acceptors (Lipinski definition) is 3. The summed E-state index contributed by atoms with van der Waals surface area (Å²) in [6.45, 7) is 5.70. The Balaban J connectivity index is 0.00000225. The molecule has 1 heterocycles. The van der Waals surface area contributed by atoms with Crippen molar-refractivity contribution in [3.05, 3.63) is 39.9 Å². The van der Waals surface area contributed by atoms with Crippen molar-refractivity contribution in [1.82, 2.24) is 10.2 Å². The molecule has 3 rings (SSSR count). The molecule has 1 aliphatic heterocycles. The van der Waals surface area contributed by atoms with Crippen molar-refractivity contribution in [1.29, 1.82) is 0 Å². The Bertz CT molecular complexity index is 592. The number of nitro groups is 1. The smallest absolute Gasteiger partial charge is 0.269 e. The van der Waals surface area contributed by atoms with Gasteiger partial charge < -0.3 is 10.2 Å². The lowest BCUT2D eigenvalue weighted by Gasteiger charge is -2.22. The van der Waals surface area contributed by atoms with Gasteiger partial charge in [-0.15, -0.1) is 24.0 Å². The number of hydrogen-bond donors (Lipinski definition) is 1. The topological polar surface area (TPSA) is 70.8 Å². The van der Waals surface area contributed by atoms with Gasteiger partial charge in [0.2, 0.25) is 0 Å². The van der Waals surface area contributed by atoms with E-state index in [2.05, 4.69) is 17.1 Å². The summed E-state index contributed by atoms with van der Waals surface area (Å²) in [6.07, 6.45) is 5.43. The number of nitrogens with zero attached hydrogens (tertiary/aromatic N) is 3. The fourth-order valence-electron chi connectivity index (χ4n) is 3.89. The van der Waals surface area contributed by atoms with E-state index in [1.165, 1.54) is 25.7 Å². The highest BCUT2D eigenvalue weighted by molar-refractivity contribution is 14.0. The molecule has 1 aliphatic carbocycles. The van der Waals surface area contributed by atoms with Gasteiger partial charge in [0.05, 0.1) is 11.5 Å². The number of likely N-dealkylation sites (tertiary alicyclic amines) is 1. The molecule has 1 aromatic carbocycles. The predicted molar refractivity (Wildman–Crippen MR) is 110 cm³/mol. The molecular formula is C18H27IN4O2. The third-order valence-corrected chi connectivity index (χ3v) is 5.17. The van der Waals surface area contributed by atoms with E-state index in [1.54, 1.807) is 24.3 Å². The molecule has 1 aromatic rings. The van der Waals surface area contributed by atoms with Gasteiger partial charge in [0, 0.05) is 31.8 Å². The average Bonchev–Trinajstić information content (AvgIpc) is 3.03. The van der Waals surface area contributed by atoms with E-state index < -0.39 is 0 Å². The van der Waals surface area contributed by atoms with Crippen LogP contribution in [0.15, 0.2) is 29.3 Å². The Morgan fingerprint density at radius 3 is 2.36 bits per heavy atom. The van der Waals surface area contributed by atoms with Crippen LogP contribution in [-0.4, -0.2) is 35.4 Å². The van der Waals surface area contributed by atoms with Crippen molar-refractivity contribution < 1.29 is 4.92 Å². The quantitative estimate of drug-likeness (QED) is 0.245. The van der Waals surface area contributed by atoms with Gasteiger partial charge in [0.25, 0.3) is 5.69 Å². The summed E-state index contributed by atoms with van der Waals surface area (Å²) in [7, 11) is 0. The van der Waals surface area contributed by atoms with Gasteiger partial charge in [-0.3, -0.25) is 10.1 Å². The minimum atomic E-state index is -0.372. The number of nitrogens with one attached hydrogen (secondary N) is 1. The van der Waals surface area contributed by atoms with Crippen LogP contribution in [-0.2, 0) is 6.54 Å². The predicted octanol–water partition coefficient (Wildman–Crippen LogP) is 3.80. The van der Waals surface area contributed by atoms with Crippen molar-refractivity contribution in [2.75, 3.05) is 19.6 Å². The summed E-state index contributed by atoms with van der Waals surface area (Å²) < 4.78 is 0. The SMILES string of the molecule is CCNC(=NCc1ccc([N+](=O)[O-])cc1)N1CC2CCCCC2C1.I. The zero-order valence-electron chi connectivity index (χ0n) is 14.7. The zero-order chi connectivity index (χ0) is 16.9. The van der Waals surface area contributed by atoms with E-state index in [4.69, 9.17) is 4.99 Å². The maximum Gasteiger partial charge on any atom is 0.269 e. The van der Waals surface area contributed by atoms with Crippen molar-refractivity contribution in [3.8, 4) is 0 Å². The molecule has 1 saturated carbocycles. The molecule has 1 saturated heterocycles. The van der Waals surface area contributed by atoms with Gasteiger partial charge in [-0.05, 0) is 37.2 Å². The first kappa shape index (κ1) is 19.9. The molecule has 0 amide bonds. The lowest BCUT2D eigenvalue weighted by Crippen LogP contribution is -2.40. The maximum atomic E-state index is 10.7. The minimum Gasteiger partial charge on any atom is -0.357 e. The van der Waals surface area contributed by atoms with Crippen LogP contribution in [0.1, 0.15) is 38.2 Å². The standard InChI is InChI=1S/C18H26N4O2.HI/c1-2-19-18(21-12-15-5-3-4-6-16(15)13-21)20-11-14-7-9-17(10-8-14)22(23)24;/h7-10,15-16H,2-6,11-13H2,1H3,(H,19,20);1H. The largest absolute Gasteiger partial charge is 0.357 e. The van der Waals surface area contributed by atoms with Crippen LogP contribution in [0.5, 0.6) is 0 Å². The van der Waals surface area contributed by atoms with Crippen molar-refractivity contribution in [2.45, 2.75) is 39.2 Å². The summed E-state index contributed by atoms with van der Waals surface area (Å²) in [6, 6.07) is 6.66. The number of aliphatic imine (C=N–C) groups is 1. The molecule has 2 atom stereocenters. The van der Waals surface area contributed by atoms with E-state index in [1.807, 2.05) is 0 Å². The molecule has 0 aromatic heterocycles. The molecule has 2 fully saturated rings. The molecule has 25 heavy (non-hydrogen) atoms. The molecule has 2 aliphatic rings. The lowest BCUT2D eigenvalue weighted by molar-refractivity contribution is -0.384. The Morgan fingerprint density at radius 2 is 1.84 bits per heavy atom. The van der Waals surface area contributed by atoms with Crippen molar-refractivity contribution in [3.63, 3.8) is 0 Å². The Hall–Kier alpha value is -1.38. The first-order valence-corrected chi connectivity index (χ1v) is 8.94. The minimum absolute atomic E-state index is 0. The molecule has 6 nitrogen and oxygen atoms in total. The number of benzene rings is 1. The van der Waals surface area contributed by atoms with Crippen molar-refractivity contribution >= 4 is 35.6 Å². The fourth-order valence-corrected chi connectivity index (χ4v) is 3.89. The van der Waals surface area contributed by atoms with E-state index in [-0.39, 0.29) is 34.6 Å². The summed E-state index contributed by atoms with van der Waals surface area (Å²) >= 11 is 0. The van der Waals surface area contributed by atoms with Crippen LogP contribution in [0.4, 0.5) is 5.69 Å². The van der Waals surface area contributed by atoms with Crippen LogP contribution in [0.2, 0.25) is 0 Å². The first-order valence-electron chi connectivity index (χ1n) is 8.94. The Morgan fingerprint density at radius 1 is 1.24 bits per heavy atom. The second-order valence-corrected chi connectivity index (χ2v) is 6.80. The molecule has 0 spiro atoms. The van der Waals surface area contributed by atoms with E-state index in [9.17, 15) is 10.1 Å². The normalized spacial score (nSPS) is 22.9. The highest BCUT2D eigenvalue weighted by Gasteiger charge is 2.35. The number of nitro benzene ring substituents is 1. The third-order valence-electron chi connectivity index (χ3n) is 5.17. The Labute approximate surface area is 166 Å². The second kappa shape index (κ2) is 9.35. The average molecular weight is 458 g/mol. The summed E-state index contributed by atoms with van der Waals surface area (Å²) in [5, 5.41) is 14.1. The zero-order valence-corrected chi connectivity index (χ0v) is 17.0. The van der Waals surface area contributed by atoms with Gasteiger partial charge in [-0.2, -0.15) is 0 Å². The molecule has 2 unspecified atom stereocenters. The summed E-state index contributed by atoms with van der Waals surface area (Å²) in [5.74, 6) is 2.62. The molecular weight excluding hydrogens is 431 g/mol. The highest BCUT2D eigenvalue weighted by atomic mass is 127. The molecule has 0 bridgehead atoms. The number of halogens is 1. The first-order chi connectivity index (χ1) is 11.7.